The molecule has 98 valence electrons. The van der Waals surface area contributed by atoms with Crippen LogP contribution in [0.4, 0.5) is 0 Å². The fourth-order valence-corrected chi connectivity index (χ4v) is 2.73. The quantitative estimate of drug-likeness (QED) is 0.771. The minimum atomic E-state index is 0.734. The predicted octanol–water partition coefficient (Wildman–Crippen LogP) is 3.32. The number of hydrogen-bond acceptors (Lipinski definition) is 2. The van der Waals surface area contributed by atoms with Crippen LogP contribution >= 0.6 is 0 Å². The van der Waals surface area contributed by atoms with Gasteiger partial charge in [0, 0.05) is 18.5 Å². The number of nitrogens with zero attached hydrogens (tertiary/aromatic N) is 2. The van der Waals surface area contributed by atoms with Crippen molar-refractivity contribution in [3.8, 4) is 11.3 Å². The molecule has 0 saturated carbocycles. The van der Waals surface area contributed by atoms with Crippen LogP contribution in [0.5, 0.6) is 0 Å². The summed E-state index contributed by atoms with van der Waals surface area (Å²) in [5.41, 5.74) is 5.13. The molecule has 0 aliphatic carbocycles. The normalized spacial score (nSPS) is 14.2. The summed E-state index contributed by atoms with van der Waals surface area (Å²) in [7, 11) is 0. The molecule has 1 aromatic heterocycles. The summed E-state index contributed by atoms with van der Waals surface area (Å²) in [5, 5.41) is 0. The third kappa shape index (κ3) is 1.99. The van der Waals surface area contributed by atoms with E-state index in [4.69, 9.17) is 4.98 Å². The van der Waals surface area contributed by atoms with Crippen LogP contribution < -0.4 is 0 Å². The molecular formula is C16H18N2O. The molecule has 19 heavy (non-hydrogen) atoms. The molecule has 0 fully saturated rings. The van der Waals surface area contributed by atoms with Gasteiger partial charge in [0.2, 0.25) is 0 Å². The van der Waals surface area contributed by atoms with Crippen molar-refractivity contribution in [3.05, 3.63) is 40.8 Å². The van der Waals surface area contributed by atoms with Crippen molar-refractivity contribution in [2.45, 2.75) is 39.7 Å². The molecule has 0 radical (unpaired) electrons. The van der Waals surface area contributed by atoms with Crippen molar-refractivity contribution in [2.24, 2.45) is 0 Å². The molecule has 0 atom stereocenters. The van der Waals surface area contributed by atoms with Crippen LogP contribution in [0.2, 0.25) is 0 Å². The third-order valence-corrected chi connectivity index (χ3v) is 4.01. The van der Waals surface area contributed by atoms with Gasteiger partial charge in [-0.05, 0) is 43.9 Å². The molecule has 0 N–H and O–H groups in total. The van der Waals surface area contributed by atoms with E-state index in [2.05, 4.69) is 36.6 Å². The first-order valence-electron chi connectivity index (χ1n) is 6.83. The van der Waals surface area contributed by atoms with Crippen LogP contribution in [0.3, 0.4) is 0 Å². The number of carbonyl (C=O) groups excluding carboxylic acids is 1. The predicted molar refractivity (Wildman–Crippen MR) is 75.5 cm³/mol. The summed E-state index contributed by atoms with van der Waals surface area (Å²) in [4.78, 5) is 16.1. The Morgan fingerprint density at radius 2 is 2.05 bits per heavy atom. The fraction of sp³-hybridized carbons (Fsp3) is 0.375. The molecule has 0 amide bonds. The average molecular weight is 254 g/mol. The maximum absolute atomic E-state index is 11.4. The van der Waals surface area contributed by atoms with Gasteiger partial charge in [0.25, 0.3) is 0 Å². The van der Waals surface area contributed by atoms with Gasteiger partial charge in [0.15, 0.2) is 6.29 Å². The van der Waals surface area contributed by atoms with E-state index in [1.165, 1.54) is 17.5 Å². The van der Waals surface area contributed by atoms with E-state index in [0.29, 0.717) is 0 Å². The molecule has 1 aliphatic rings. The van der Waals surface area contributed by atoms with E-state index < -0.39 is 0 Å². The van der Waals surface area contributed by atoms with Gasteiger partial charge in [0.05, 0.1) is 5.69 Å². The maximum atomic E-state index is 11.4. The molecule has 2 heterocycles. The lowest BCUT2D eigenvalue weighted by molar-refractivity contribution is 0.111. The number of benzene rings is 1. The lowest BCUT2D eigenvalue weighted by Crippen LogP contribution is -2.12. The first-order chi connectivity index (χ1) is 9.20. The Hall–Kier alpha value is -1.90. The summed E-state index contributed by atoms with van der Waals surface area (Å²) in [6.45, 7) is 5.11. The minimum absolute atomic E-state index is 0.734. The Balaban J connectivity index is 2.16. The van der Waals surface area contributed by atoms with Crippen molar-refractivity contribution < 1.29 is 4.79 Å². The molecule has 3 nitrogen and oxygen atoms in total. The number of imidazole rings is 1. The van der Waals surface area contributed by atoms with Gasteiger partial charge in [-0.3, -0.25) is 4.79 Å². The molecule has 3 heteroatoms. The Labute approximate surface area is 113 Å². The molecule has 0 bridgehead atoms. The standard InChI is InChI=1S/C16H18N2O/c1-11-6-7-13(9-12(11)2)16-14(10-19)18-8-4-3-5-15(18)17-16/h6-7,9-10H,3-5,8H2,1-2H3. The van der Waals surface area contributed by atoms with Crippen LogP contribution in [-0.4, -0.2) is 15.8 Å². The van der Waals surface area contributed by atoms with Crippen LogP contribution in [0.25, 0.3) is 11.3 Å². The minimum Gasteiger partial charge on any atom is -0.325 e. The third-order valence-electron chi connectivity index (χ3n) is 4.01. The van der Waals surface area contributed by atoms with Crippen LogP contribution in [0.15, 0.2) is 18.2 Å². The average Bonchev–Trinajstić information content (AvgIpc) is 2.80. The smallest absolute Gasteiger partial charge is 0.168 e. The van der Waals surface area contributed by atoms with E-state index in [-0.39, 0.29) is 0 Å². The largest absolute Gasteiger partial charge is 0.325 e. The molecule has 1 aromatic carbocycles. The van der Waals surface area contributed by atoms with E-state index in [1.54, 1.807) is 0 Å². The summed E-state index contributed by atoms with van der Waals surface area (Å²) < 4.78 is 2.08. The van der Waals surface area contributed by atoms with Gasteiger partial charge in [-0.2, -0.15) is 0 Å². The van der Waals surface area contributed by atoms with E-state index >= 15 is 0 Å². The molecule has 0 unspecified atom stereocenters. The van der Waals surface area contributed by atoms with Gasteiger partial charge in [-0.25, -0.2) is 4.98 Å². The fourth-order valence-electron chi connectivity index (χ4n) is 2.73. The van der Waals surface area contributed by atoms with Crippen molar-refractivity contribution in [1.29, 1.82) is 0 Å². The van der Waals surface area contributed by atoms with E-state index in [1.807, 2.05) is 0 Å². The first-order valence-corrected chi connectivity index (χ1v) is 6.83. The number of carbonyl (C=O) groups is 1. The highest BCUT2D eigenvalue weighted by molar-refractivity contribution is 5.84. The van der Waals surface area contributed by atoms with Gasteiger partial charge < -0.3 is 4.57 Å². The van der Waals surface area contributed by atoms with Crippen molar-refractivity contribution in [3.63, 3.8) is 0 Å². The zero-order chi connectivity index (χ0) is 13.4. The number of hydrogen-bond donors (Lipinski definition) is 0. The topological polar surface area (TPSA) is 34.9 Å². The van der Waals surface area contributed by atoms with Gasteiger partial charge in [0.1, 0.15) is 11.5 Å². The van der Waals surface area contributed by atoms with Crippen molar-refractivity contribution in [2.75, 3.05) is 0 Å². The molecule has 0 spiro atoms. The molecule has 2 aromatic rings. The number of aldehydes is 1. The Kier molecular flexibility index (Phi) is 2.97. The Morgan fingerprint density at radius 1 is 1.21 bits per heavy atom. The summed E-state index contributed by atoms with van der Waals surface area (Å²) in [6.07, 6.45) is 4.23. The van der Waals surface area contributed by atoms with Gasteiger partial charge in [-0.15, -0.1) is 0 Å². The van der Waals surface area contributed by atoms with Gasteiger partial charge >= 0.3 is 0 Å². The van der Waals surface area contributed by atoms with Gasteiger partial charge in [-0.1, -0.05) is 12.1 Å². The molecule has 1 aliphatic heterocycles. The number of aromatic nitrogens is 2. The zero-order valence-electron chi connectivity index (χ0n) is 11.4. The van der Waals surface area contributed by atoms with Crippen LogP contribution in [-0.2, 0) is 13.0 Å². The second-order valence-electron chi connectivity index (χ2n) is 5.29. The molecule has 0 saturated heterocycles. The monoisotopic (exact) mass is 254 g/mol. The molecule has 3 rings (SSSR count). The molecular weight excluding hydrogens is 236 g/mol. The summed E-state index contributed by atoms with van der Waals surface area (Å²) >= 11 is 0. The Morgan fingerprint density at radius 3 is 2.79 bits per heavy atom. The second kappa shape index (κ2) is 4.65. The highest BCUT2D eigenvalue weighted by atomic mass is 16.1. The summed E-state index contributed by atoms with van der Waals surface area (Å²) in [5.74, 6) is 1.06. The second-order valence-corrected chi connectivity index (χ2v) is 5.29. The lowest BCUT2D eigenvalue weighted by Gasteiger charge is -2.13. The maximum Gasteiger partial charge on any atom is 0.168 e. The van der Waals surface area contributed by atoms with Crippen molar-refractivity contribution in [1.82, 2.24) is 9.55 Å². The van der Waals surface area contributed by atoms with Crippen LogP contribution in [0.1, 0.15) is 40.3 Å². The number of aryl methyl sites for hydroxylation is 3. The number of fused-ring (bicyclic) bond motifs is 1. The van der Waals surface area contributed by atoms with E-state index in [9.17, 15) is 4.79 Å². The Bertz CT molecular complexity index is 640. The number of rotatable bonds is 2. The summed E-state index contributed by atoms with van der Waals surface area (Å²) in [6, 6.07) is 6.28. The zero-order valence-corrected chi connectivity index (χ0v) is 11.4. The van der Waals surface area contributed by atoms with Crippen molar-refractivity contribution >= 4 is 6.29 Å². The lowest BCUT2D eigenvalue weighted by atomic mass is 10.0. The SMILES string of the molecule is Cc1ccc(-c2nc3n(c2C=O)CCCC3)cc1C. The highest BCUT2D eigenvalue weighted by Crippen LogP contribution is 2.27. The van der Waals surface area contributed by atoms with Crippen LogP contribution in [0, 0.1) is 13.8 Å². The van der Waals surface area contributed by atoms with E-state index in [0.717, 1.165) is 48.4 Å². The highest BCUT2D eigenvalue weighted by Gasteiger charge is 2.20. The first kappa shape index (κ1) is 12.2.